The number of carboxylic acid groups (broad SMARTS) is 1. The van der Waals surface area contributed by atoms with Crippen molar-refractivity contribution in [3.05, 3.63) is 35.6 Å². The van der Waals surface area contributed by atoms with Crippen molar-refractivity contribution >= 4 is 5.97 Å². The van der Waals surface area contributed by atoms with Crippen LogP contribution in [0.15, 0.2) is 24.3 Å². The first-order valence-corrected chi connectivity index (χ1v) is 5.41. The van der Waals surface area contributed by atoms with Gasteiger partial charge < -0.3 is 5.11 Å². The molecule has 0 amide bonds. The summed E-state index contributed by atoms with van der Waals surface area (Å²) in [5, 5.41) is 9.21. The van der Waals surface area contributed by atoms with Gasteiger partial charge in [-0.2, -0.15) is 0 Å². The van der Waals surface area contributed by atoms with Gasteiger partial charge in [0.1, 0.15) is 11.9 Å². The molecule has 0 bridgehead atoms. The summed E-state index contributed by atoms with van der Waals surface area (Å²) in [6.07, 6.45) is 2.03. The van der Waals surface area contributed by atoms with Gasteiger partial charge in [-0.05, 0) is 43.6 Å². The molecule has 0 radical (unpaired) electrons. The monoisotopic (exact) mass is 223 g/mol. The summed E-state index contributed by atoms with van der Waals surface area (Å²) >= 11 is 0. The molecule has 1 unspecified atom stereocenters. The zero-order valence-corrected chi connectivity index (χ0v) is 8.90. The van der Waals surface area contributed by atoms with Crippen LogP contribution < -0.4 is 0 Å². The summed E-state index contributed by atoms with van der Waals surface area (Å²) in [6.45, 7) is 1.54. The van der Waals surface area contributed by atoms with Crippen LogP contribution in [0.2, 0.25) is 0 Å². The van der Waals surface area contributed by atoms with Gasteiger partial charge in [-0.25, -0.2) is 4.39 Å². The van der Waals surface area contributed by atoms with Crippen LogP contribution in [0.25, 0.3) is 0 Å². The van der Waals surface area contributed by atoms with Crippen molar-refractivity contribution < 1.29 is 14.3 Å². The molecule has 1 saturated heterocycles. The van der Waals surface area contributed by atoms with E-state index in [0.29, 0.717) is 5.56 Å². The number of hydrogen-bond acceptors (Lipinski definition) is 2. The van der Waals surface area contributed by atoms with Gasteiger partial charge in [0.25, 0.3) is 0 Å². The van der Waals surface area contributed by atoms with Crippen LogP contribution in [0.4, 0.5) is 4.39 Å². The number of carboxylic acids is 1. The van der Waals surface area contributed by atoms with Crippen molar-refractivity contribution in [1.29, 1.82) is 0 Å². The fourth-order valence-corrected chi connectivity index (χ4v) is 2.19. The minimum atomic E-state index is -0.910. The molecule has 86 valence electrons. The Morgan fingerprint density at radius 2 is 2.06 bits per heavy atom. The predicted octanol–water partition coefficient (Wildman–Crippen LogP) is 2.05. The Labute approximate surface area is 93.5 Å². The number of aliphatic carboxylic acids is 1. The van der Waals surface area contributed by atoms with Crippen molar-refractivity contribution in [1.82, 2.24) is 4.90 Å². The molecular weight excluding hydrogens is 209 g/mol. The molecule has 1 N–H and O–H groups in total. The molecule has 1 heterocycles. The smallest absolute Gasteiger partial charge is 0.325 e. The van der Waals surface area contributed by atoms with Crippen LogP contribution in [-0.2, 0) is 4.79 Å². The highest BCUT2D eigenvalue weighted by molar-refractivity contribution is 5.75. The van der Waals surface area contributed by atoms with E-state index in [1.165, 1.54) is 12.1 Å². The van der Waals surface area contributed by atoms with E-state index in [2.05, 4.69) is 0 Å². The Kier molecular flexibility index (Phi) is 3.19. The van der Waals surface area contributed by atoms with Gasteiger partial charge in [0.2, 0.25) is 0 Å². The second-order valence-electron chi connectivity index (χ2n) is 4.04. The molecule has 3 nitrogen and oxygen atoms in total. The highest BCUT2D eigenvalue weighted by Crippen LogP contribution is 2.25. The Morgan fingerprint density at radius 1 is 1.38 bits per heavy atom. The summed E-state index contributed by atoms with van der Waals surface area (Å²) in [6, 6.07) is 5.14. The first-order chi connectivity index (χ1) is 7.68. The van der Waals surface area contributed by atoms with E-state index in [4.69, 9.17) is 0 Å². The lowest BCUT2D eigenvalue weighted by Crippen LogP contribution is -2.31. The van der Waals surface area contributed by atoms with Gasteiger partial charge in [0, 0.05) is 0 Å². The van der Waals surface area contributed by atoms with Gasteiger partial charge in [0.15, 0.2) is 0 Å². The van der Waals surface area contributed by atoms with Crippen molar-refractivity contribution in [3.63, 3.8) is 0 Å². The van der Waals surface area contributed by atoms with Gasteiger partial charge in [-0.15, -0.1) is 0 Å². The summed E-state index contributed by atoms with van der Waals surface area (Å²) in [5.74, 6) is -1.30. The Bertz CT molecular complexity index is 388. The predicted molar refractivity (Wildman–Crippen MR) is 57.6 cm³/mol. The second kappa shape index (κ2) is 4.61. The normalized spacial score (nSPS) is 18.6. The van der Waals surface area contributed by atoms with Gasteiger partial charge in [-0.1, -0.05) is 12.1 Å². The topological polar surface area (TPSA) is 40.5 Å². The average molecular weight is 223 g/mol. The zero-order chi connectivity index (χ0) is 11.5. The van der Waals surface area contributed by atoms with Crippen LogP contribution >= 0.6 is 0 Å². The number of hydrogen-bond donors (Lipinski definition) is 1. The lowest BCUT2D eigenvalue weighted by Gasteiger charge is -2.23. The lowest BCUT2D eigenvalue weighted by molar-refractivity contribution is -0.143. The number of benzene rings is 1. The second-order valence-corrected chi connectivity index (χ2v) is 4.04. The summed E-state index contributed by atoms with van der Waals surface area (Å²) < 4.78 is 13.1. The van der Waals surface area contributed by atoms with Gasteiger partial charge in [-0.3, -0.25) is 9.69 Å². The van der Waals surface area contributed by atoms with Gasteiger partial charge in [0.05, 0.1) is 0 Å². The number of nitrogens with zero attached hydrogens (tertiary/aromatic N) is 1. The zero-order valence-electron chi connectivity index (χ0n) is 8.90. The number of halogens is 1. The van der Waals surface area contributed by atoms with E-state index in [0.717, 1.165) is 25.9 Å². The molecule has 1 fully saturated rings. The summed E-state index contributed by atoms with van der Waals surface area (Å²) in [5.41, 5.74) is 0.523. The van der Waals surface area contributed by atoms with E-state index in [9.17, 15) is 14.3 Å². The van der Waals surface area contributed by atoms with E-state index < -0.39 is 12.0 Å². The molecule has 0 aromatic heterocycles. The minimum Gasteiger partial charge on any atom is -0.480 e. The van der Waals surface area contributed by atoms with Crippen LogP contribution in [0.3, 0.4) is 0 Å². The van der Waals surface area contributed by atoms with E-state index in [1.807, 2.05) is 4.90 Å². The highest BCUT2D eigenvalue weighted by atomic mass is 19.1. The van der Waals surface area contributed by atoms with Crippen LogP contribution in [0, 0.1) is 5.82 Å². The molecule has 0 spiro atoms. The third kappa shape index (κ3) is 2.22. The maximum atomic E-state index is 13.1. The van der Waals surface area contributed by atoms with Gasteiger partial charge >= 0.3 is 5.97 Å². The Morgan fingerprint density at radius 3 is 2.62 bits per heavy atom. The molecule has 1 atom stereocenters. The molecule has 0 aliphatic carbocycles. The first kappa shape index (κ1) is 11.1. The molecular formula is C12H14FNO2. The molecule has 1 aromatic carbocycles. The molecule has 2 rings (SSSR count). The van der Waals surface area contributed by atoms with Crippen molar-refractivity contribution in [3.8, 4) is 0 Å². The Balaban J connectivity index is 2.28. The van der Waals surface area contributed by atoms with E-state index >= 15 is 0 Å². The average Bonchev–Trinajstić information content (AvgIpc) is 2.71. The third-order valence-corrected chi connectivity index (χ3v) is 2.90. The summed E-state index contributed by atoms with van der Waals surface area (Å²) in [4.78, 5) is 13.1. The largest absolute Gasteiger partial charge is 0.480 e. The fourth-order valence-electron chi connectivity index (χ4n) is 2.19. The van der Waals surface area contributed by atoms with Crippen molar-refractivity contribution in [2.75, 3.05) is 13.1 Å². The molecule has 16 heavy (non-hydrogen) atoms. The van der Waals surface area contributed by atoms with Crippen molar-refractivity contribution in [2.24, 2.45) is 0 Å². The molecule has 1 aromatic rings. The third-order valence-electron chi connectivity index (χ3n) is 2.90. The number of carbonyl (C=O) groups is 1. The Hall–Kier alpha value is -1.42. The highest BCUT2D eigenvalue weighted by Gasteiger charge is 2.29. The summed E-state index contributed by atoms with van der Waals surface area (Å²) in [7, 11) is 0. The maximum Gasteiger partial charge on any atom is 0.325 e. The van der Waals surface area contributed by atoms with Crippen LogP contribution in [0.1, 0.15) is 24.4 Å². The standard InChI is InChI=1S/C12H14FNO2/c13-10-5-3-4-9(8-10)11(12(15)16)14-6-1-2-7-14/h3-5,8,11H,1-2,6-7H2,(H,15,16). The van der Waals surface area contributed by atoms with Crippen LogP contribution in [0.5, 0.6) is 0 Å². The van der Waals surface area contributed by atoms with Crippen molar-refractivity contribution in [2.45, 2.75) is 18.9 Å². The van der Waals surface area contributed by atoms with E-state index in [1.54, 1.807) is 12.1 Å². The number of rotatable bonds is 3. The van der Waals surface area contributed by atoms with Crippen LogP contribution in [-0.4, -0.2) is 29.1 Å². The fraction of sp³-hybridized carbons (Fsp3) is 0.417. The molecule has 0 saturated carbocycles. The molecule has 4 heteroatoms. The lowest BCUT2D eigenvalue weighted by atomic mass is 10.1. The SMILES string of the molecule is O=C(O)C(c1cccc(F)c1)N1CCCC1. The number of likely N-dealkylation sites (tertiary alicyclic amines) is 1. The molecule has 1 aliphatic heterocycles. The minimum absolute atomic E-state index is 0.386. The first-order valence-electron chi connectivity index (χ1n) is 5.41. The maximum absolute atomic E-state index is 13.1. The van der Waals surface area contributed by atoms with E-state index in [-0.39, 0.29) is 5.82 Å². The quantitative estimate of drug-likeness (QED) is 0.852. The molecule has 1 aliphatic rings.